The molecular formula is C18H21ClN4O4S. The van der Waals surface area contributed by atoms with Crippen LogP contribution in [0.15, 0.2) is 53.4 Å². The van der Waals surface area contributed by atoms with Gasteiger partial charge in [0.1, 0.15) is 0 Å². The largest absolute Gasteiger partial charge is 0.369 e. The van der Waals surface area contributed by atoms with E-state index in [0.29, 0.717) is 11.6 Å². The molecule has 1 N–H and O–H groups in total. The van der Waals surface area contributed by atoms with Crippen LogP contribution >= 0.6 is 11.6 Å². The molecule has 1 aliphatic heterocycles. The van der Waals surface area contributed by atoms with Crippen LogP contribution in [0.5, 0.6) is 0 Å². The van der Waals surface area contributed by atoms with Crippen LogP contribution in [0.25, 0.3) is 0 Å². The standard InChI is InChI=1S/C18H21ClN4O4S/c19-15-4-6-16(7-5-15)22-12-10-21(11-13-22)9-8-20-28(26,27)18-3-1-2-17(14-18)23(24)25/h1-7,14,20H,8-13H2. The Morgan fingerprint density at radius 2 is 1.75 bits per heavy atom. The van der Waals surface area contributed by atoms with E-state index in [0.717, 1.165) is 37.9 Å². The molecular weight excluding hydrogens is 404 g/mol. The number of halogens is 1. The van der Waals surface area contributed by atoms with E-state index in [1.165, 1.54) is 18.2 Å². The topological polar surface area (TPSA) is 95.8 Å². The highest BCUT2D eigenvalue weighted by molar-refractivity contribution is 7.89. The van der Waals surface area contributed by atoms with Gasteiger partial charge in [0.15, 0.2) is 0 Å². The van der Waals surface area contributed by atoms with Gasteiger partial charge in [-0.25, -0.2) is 13.1 Å². The predicted molar refractivity (Wildman–Crippen MR) is 108 cm³/mol. The molecule has 2 aromatic carbocycles. The SMILES string of the molecule is O=[N+]([O-])c1cccc(S(=O)(=O)NCCN2CCN(c3ccc(Cl)cc3)CC2)c1. The van der Waals surface area contributed by atoms with E-state index in [1.807, 2.05) is 24.3 Å². The molecule has 1 saturated heterocycles. The molecule has 0 saturated carbocycles. The maximum Gasteiger partial charge on any atom is 0.270 e. The number of anilines is 1. The van der Waals surface area contributed by atoms with Crippen molar-refractivity contribution in [3.8, 4) is 0 Å². The molecule has 28 heavy (non-hydrogen) atoms. The molecule has 1 fully saturated rings. The summed E-state index contributed by atoms with van der Waals surface area (Å²) in [5, 5.41) is 11.5. The summed E-state index contributed by atoms with van der Waals surface area (Å²) in [7, 11) is -3.78. The number of nitro groups is 1. The number of nitrogens with zero attached hydrogens (tertiary/aromatic N) is 3. The summed E-state index contributed by atoms with van der Waals surface area (Å²) in [4.78, 5) is 14.6. The van der Waals surface area contributed by atoms with E-state index in [4.69, 9.17) is 11.6 Å². The van der Waals surface area contributed by atoms with Gasteiger partial charge in [-0.3, -0.25) is 15.0 Å². The molecule has 1 aliphatic rings. The minimum absolute atomic E-state index is 0.103. The van der Waals surface area contributed by atoms with Crippen LogP contribution in [0.4, 0.5) is 11.4 Å². The van der Waals surface area contributed by atoms with Crippen molar-refractivity contribution in [2.75, 3.05) is 44.2 Å². The van der Waals surface area contributed by atoms with Crippen LogP contribution < -0.4 is 9.62 Å². The van der Waals surface area contributed by atoms with Gasteiger partial charge in [0.25, 0.3) is 5.69 Å². The zero-order chi connectivity index (χ0) is 20.1. The fourth-order valence-electron chi connectivity index (χ4n) is 3.07. The van der Waals surface area contributed by atoms with Crippen LogP contribution in [0.2, 0.25) is 5.02 Å². The van der Waals surface area contributed by atoms with Crippen LogP contribution in [0.3, 0.4) is 0 Å². The van der Waals surface area contributed by atoms with E-state index in [-0.39, 0.29) is 17.1 Å². The first kappa shape index (κ1) is 20.5. The molecule has 0 bridgehead atoms. The summed E-state index contributed by atoms with van der Waals surface area (Å²) in [6.45, 7) is 4.15. The van der Waals surface area contributed by atoms with Gasteiger partial charge in [0.05, 0.1) is 9.82 Å². The van der Waals surface area contributed by atoms with Crippen molar-refractivity contribution in [3.05, 3.63) is 63.7 Å². The van der Waals surface area contributed by atoms with Gasteiger partial charge in [0.2, 0.25) is 10.0 Å². The Kier molecular flexibility index (Phi) is 6.50. The second-order valence-electron chi connectivity index (χ2n) is 6.46. The van der Waals surface area contributed by atoms with Crippen LogP contribution in [0, 0.1) is 10.1 Å². The fraction of sp³-hybridized carbons (Fsp3) is 0.333. The normalized spacial score (nSPS) is 15.5. The van der Waals surface area contributed by atoms with Crippen molar-refractivity contribution in [1.82, 2.24) is 9.62 Å². The van der Waals surface area contributed by atoms with Crippen molar-refractivity contribution in [1.29, 1.82) is 0 Å². The molecule has 0 aromatic heterocycles. The molecule has 150 valence electrons. The lowest BCUT2D eigenvalue weighted by atomic mass is 10.2. The number of non-ortho nitro benzene ring substituents is 1. The molecule has 0 amide bonds. The Morgan fingerprint density at radius 1 is 1.07 bits per heavy atom. The second-order valence-corrected chi connectivity index (χ2v) is 8.66. The minimum atomic E-state index is -3.78. The molecule has 1 heterocycles. The minimum Gasteiger partial charge on any atom is -0.369 e. The molecule has 0 radical (unpaired) electrons. The maximum absolute atomic E-state index is 12.3. The van der Waals surface area contributed by atoms with E-state index in [9.17, 15) is 18.5 Å². The number of hydrogen-bond donors (Lipinski definition) is 1. The fourth-order valence-corrected chi connectivity index (χ4v) is 4.25. The van der Waals surface area contributed by atoms with E-state index < -0.39 is 14.9 Å². The lowest BCUT2D eigenvalue weighted by Gasteiger charge is -2.36. The molecule has 3 rings (SSSR count). The van der Waals surface area contributed by atoms with Crippen molar-refractivity contribution < 1.29 is 13.3 Å². The first-order valence-corrected chi connectivity index (χ1v) is 10.7. The molecule has 0 spiro atoms. The van der Waals surface area contributed by atoms with Gasteiger partial charge < -0.3 is 4.90 Å². The van der Waals surface area contributed by atoms with E-state index in [2.05, 4.69) is 14.5 Å². The monoisotopic (exact) mass is 424 g/mol. The lowest BCUT2D eigenvalue weighted by Crippen LogP contribution is -2.48. The summed E-state index contributed by atoms with van der Waals surface area (Å²) < 4.78 is 27.2. The summed E-state index contributed by atoms with van der Waals surface area (Å²) >= 11 is 5.92. The molecule has 0 atom stereocenters. The van der Waals surface area contributed by atoms with E-state index in [1.54, 1.807) is 0 Å². The highest BCUT2D eigenvalue weighted by atomic mass is 35.5. The maximum atomic E-state index is 12.3. The van der Waals surface area contributed by atoms with Gasteiger partial charge in [-0.2, -0.15) is 0 Å². The zero-order valence-corrected chi connectivity index (χ0v) is 16.7. The first-order valence-electron chi connectivity index (χ1n) is 8.82. The molecule has 8 nitrogen and oxygen atoms in total. The third-order valence-electron chi connectivity index (χ3n) is 4.62. The summed E-state index contributed by atoms with van der Waals surface area (Å²) in [6.07, 6.45) is 0. The van der Waals surface area contributed by atoms with Crippen LogP contribution in [-0.4, -0.2) is 57.5 Å². The highest BCUT2D eigenvalue weighted by Gasteiger charge is 2.20. The molecule has 0 aliphatic carbocycles. The third-order valence-corrected chi connectivity index (χ3v) is 6.33. The molecule has 2 aromatic rings. The first-order chi connectivity index (χ1) is 13.3. The lowest BCUT2D eigenvalue weighted by molar-refractivity contribution is -0.385. The number of nitrogens with one attached hydrogen (secondary N) is 1. The molecule has 0 unspecified atom stereocenters. The summed E-state index contributed by atoms with van der Waals surface area (Å²) in [5.74, 6) is 0. The number of benzene rings is 2. The van der Waals surface area contributed by atoms with Gasteiger partial charge in [0, 0.05) is 62.1 Å². The highest BCUT2D eigenvalue weighted by Crippen LogP contribution is 2.20. The van der Waals surface area contributed by atoms with Gasteiger partial charge in [-0.1, -0.05) is 17.7 Å². The number of hydrogen-bond acceptors (Lipinski definition) is 6. The van der Waals surface area contributed by atoms with E-state index >= 15 is 0 Å². The number of piperazine rings is 1. The van der Waals surface area contributed by atoms with Crippen LogP contribution in [-0.2, 0) is 10.0 Å². The van der Waals surface area contributed by atoms with Gasteiger partial charge in [-0.05, 0) is 30.3 Å². The van der Waals surface area contributed by atoms with Gasteiger partial charge >= 0.3 is 0 Å². The van der Waals surface area contributed by atoms with Crippen molar-refractivity contribution >= 4 is 33.0 Å². The summed E-state index contributed by atoms with van der Waals surface area (Å²) in [5.41, 5.74) is 0.872. The Labute approximate surface area is 168 Å². The number of rotatable bonds is 7. The van der Waals surface area contributed by atoms with Crippen LogP contribution in [0.1, 0.15) is 0 Å². The number of sulfonamides is 1. The average Bonchev–Trinajstić information content (AvgIpc) is 2.69. The smallest absolute Gasteiger partial charge is 0.270 e. The van der Waals surface area contributed by atoms with Crippen molar-refractivity contribution in [3.63, 3.8) is 0 Å². The Morgan fingerprint density at radius 3 is 2.39 bits per heavy atom. The second kappa shape index (κ2) is 8.87. The van der Waals surface area contributed by atoms with Crippen molar-refractivity contribution in [2.24, 2.45) is 0 Å². The van der Waals surface area contributed by atoms with Gasteiger partial charge in [-0.15, -0.1) is 0 Å². The average molecular weight is 425 g/mol. The zero-order valence-electron chi connectivity index (χ0n) is 15.1. The molecule has 10 heteroatoms. The quantitative estimate of drug-likeness (QED) is 0.541. The Bertz CT molecular complexity index is 929. The third kappa shape index (κ3) is 5.20. The Hall–Kier alpha value is -2.20. The summed E-state index contributed by atoms with van der Waals surface area (Å²) in [6, 6.07) is 12.8. The Balaban J connectivity index is 1.48. The van der Waals surface area contributed by atoms with Crippen molar-refractivity contribution in [2.45, 2.75) is 4.90 Å². The number of nitro benzene ring substituents is 1. The predicted octanol–water partition coefficient (Wildman–Crippen LogP) is 2.35.